The van der Waals surface area contributed by atoms with Crippen LogP contribution in [0, 0.1) is 0 Å². The van der Waals surface area contributed by atoms with Crippen LogP contribution in [0.4, 0.5) is 13.2 Å². The molecule has 0 aliphatic rings. The maximum atomic E-state index is 12.4. The molecule has 1 aromatic carbocycles. The Morgan fingerprint density at radius 3 is 2.38 bits per heavy atom. The number of para-hydroxylation sites is 1. The van der Waals surface area contributed by atoms with Crippen LogP contribution < -0.4 is 16.0 Å². The number of alkyl halides is 3. The number of hydrogen-bond acceptors (Lipinski definition) is 4. The minimum atomic E-state index is -4.71. The molecule has 0 bridgehead atoms. The molecule has 0 aliphatic carbocycles. The Kier molecular flexibility index (Phi) is 6.94. The van der Waals surface area contributed by atoms with Gasteiger partial charge in [-0.3, -0.25) is 11.3 Å². The number of nitrogens with two attached hydrogens (primary N) is 1. The highest BCUT2D eigenvalue weighted by Crippen LogP contribution is 2.31. The fraction of sp³-hybridized carbons (Fsp3) is 0.571. The zero-order chi connectivity index (χ0) is 15.9. The van der Waals surface area contributed by atoms with Crippen LogP contribution in [0.15, 0.2) is 24.3 Å². The van der Waals surface area contributed by atoms with Gasteiger partial charge in [0.25, 0.3) is 0 Å². The third-order valence-corrected chi connectivity index (χ3v) is 3.35. The second-order valence-electron chi connectivity index (χ2n) is 4.62. The van der Waals surface area contributed by atoms with Crippen molar-refractivity contribution in [3.8, 4) is 5.75 Å². The molecular weight excluding hydrogens is 283 g/mol. The summed E-state index contributed by atoms with van der Waals surface area (Å²) in [5.74, 6) is 5.29. The topological polar surface area (TPSA) is 50.5 Å². The first kappa shape index (κ1) is 17.7. The molecule has 0 saturated heterocycles. The predicted molar refractivity (Wildman–Crippen MR) is 75.6 cm³/mol. The molecule has 0 aromatic heterocycles. The lowest BCUT2D eigenvalue weighted by atomic mass is 10.0. The highest BCUT2D eigenvalue weighted by Gasteiger charge is 2.32. The van der Waals surface area contributed by atoms with Crippen LogP contribution >= 0.6 is 0 Å². The predicted octanol–water partition coefficient (Wildman–Crippen LogP) is 2.82. The zero-order valence-corrected chi connectivity index (χ0v) is 12.3. The molecule has 1 atom stereocenters. The van der Waals surface area contributed by atoms with Crippen molar-refractivity contribution in [2.24, 2.45) is 5.84 Å². The van der Waals surface area contributed by atoms with Gasteiger partial charge in [-0.05, 0) is 32.1 Å². The SMILES string of the molecule is CCN(CC)CCC(NN)c1ccccc1OC(F)(F)F. The quantitative estimate of drug-likeness (QED) is 0.573. The summed E-state index contributed by atoms with van der Waals surface area (Å²) in [6.45, 7) is 6.58. The zero-order valence-electron chi connectivity index (χ0n) is 12.3. The Labute approximate surface area is 123 Å². The summed E-state index contributed by atoms with van der Waals surface area (Å²) >= 11 is 0. The average molecular weight is 305 g/mol. The van der Waals surface area contributed by atoms with Crippen LogP contribution in [0.5, 0.6) is 5.75 Å². The third kappa shape index (κ3) is 5.91. The highest BCUT2D eigenvalue weighted by atomic mass is 19.4. The average Bonchev–Trinajstić information content (AvgIpc) is 2.43. The molecule has 4 nitrogen and oxygen atoms in total. The lowest BCUT2D eigenvalue weighted by Gasteiger charge is -2.24. The van der Waals surface area contributed by atoms with Crippen LogP contribution in [-0.4, -0.2) is 30.9 Å². The number of halogens is 3. The second-order valence-corrected chi connectivity index (χ2v) is 4.62. The summed E-state index contributed by atoms with van der Waals surface area (Å²) in [6.07, 6.45) is -4.12. The van der Waals surface area contributed by atoms with Crippen LogP contribution in [0.2, 0.25) is 0 Å². The third-order valence-electron chi connectivity index (χ3n) is 3.35. The van der Waals surface area contributed by atoms with Crippen LogP contribution in [0.1, 0.15) is 31.9 Å². The smallest absolute Gasteiger partial charge is 0.405 e. The standard InChI is InChI=1S/C14H22F3N3O/c1-3-20(4-2)10-9-12(19-18)11-7-5-6-8-13(11)21-14(15,16)17/h5-8,12,19H,3-4,9-10,18H2,1-2H3. The molecular formula is C14H22F3N3O. The Morgan fingerprint density at radius 2 is 1.86 bits per heavy atom. The number of nitrogens with zero attached hydrogens (tertiary/aromatic N) is 1. The fourth-order valence-corrected chi connectivity index (χ4v) is 2.17. The van der Waals surface area contributed by atoms with Crippen LogP contribution in [0.3, 0.4) is 0 Å². The van der Waals surface area contributed by atoms with Crippen molar-refractivity contribution in [2.75, 3.05) is 19.6 Å². The van der Waals surface area contributed by atoms with E-state index in [1.54, 1.807) is 12.1 Å². The first-order chi connectivity index (χ1) is 9.91. The van der Waals surface area contributed by atoms with E-state index in [-0.39, 0.29) is 5.75 Å². The van der Waals surface area contributed by atoms with Gasteiger partial charge in [-0.2, -0.15) is 0 Å². The van der Waals surface area contributed by atoms with Crippen molar-refractivity contribution in [2.45, 2.75) is 32.7 Å². The summed E-state index contributed by atoms with van der Waals surface area (Å²) < 4.78 is 41.4. The van der Waals surface area contributed by atoms with E-state index < -0.39 is 12.4 Å². The van der Waals surface area contributed by atoms with E-state index in [4.69, 9.17) is 5.84 Å². The monoisotopic (exact) mass is 305 g/mol. The highest BCUT2D eigenvalue weighted by molar-refractivity contribution is 5.36. The van der Waals surface area contributed by atoms with Gasteiger partial charge in [0.05, 0.1) is 6.04 Å². The summed E-state index contributed by atoms with van der Waals surface area (Å²) in [4.78, 5) is 2.18. The minimum absolute atomic E-state index is 0.215. The van der Waals surface area contributed by atoms with Crippen molar-refractivity contribution in [3.63, 3.8) is 0 Å². The Hall–Kier alpha value is -1.31. The molecule has 1 unspecified atom stereocenters. The van der Waals surface area contributed by atoms with Crippen molar-refractivity contribution in [1.82, 2.24) is 10.3 Å². The van der Waals surface area contributed by atoms with Gasteiger partial charge < -0.3 is 9.64 Å². The van der Waals surface area contributed by atoms with E-state index in [1.807, 2.05) is 13.8 Å². The van der Waals surface area contributed by atoms with Gasteiger partial charge >= 0.3 is 6.36 Å². The molecule has 0 fully saturated rings. The fourth-order valence-electron chi connectivity index (χ4n) is 2.17. The number of hydrogen-bond donors (Lipinski definition) is 2. The van der Waals surface area contributed by atoms with Crippen molar-refractivity contribution in [3.05, 3.63) is 29.8 Å². The number of ether oxygens (including phenoxy) is 1. The largest absolute Gasteiger partial charge is 0.573 e. The van der Waals surface area contributed by atoms with E-state index in [1.165, 1.54) is 12.1 Å². The lowest BCUT2D eigenvalue weighted by Crippen LogP contribution is -2.33. The van der Waals surface area contributed by atoms with Gasteiger partial charge in [0.15, 0.2) is 0 Å². The summed E-state index contributed by atoms with van der Waals surface area (Å²) in [5.41, 5.74) is 2.98. The van der Waals surface area contributed by atoms with Crippen LogP contribution in [0.25, 0.3) is 0 Å². The minimum Gasteiger partial charge on any atom is -0.405 e. The van der Waals surface area contributed by atoms with E-state index in [2.05, 4.69) is 15.1 Å². The molecule has 0 heterocycles. The summed E-state index contributed by atoms with van der Waals surface area (Å²) in [6, 6.07) is 5.66. The van der Waals surface area contributed by atoms with Crippen molar-refractivity contribution >= 4 is 0 Å². The molecule has 0 radical (unpaired) electrons. The lowest BCUT2D eigenvalue weighted by molar-refractivity contribution is -0.275. The van der Waals surface area contributed by atoms with E-state index in [0.717, 1.165) is 19.6 Å². The summed E-state index contributed by atoms with van der Waals surface area (Å²) in [7, 11) is 0. The number of benzene rings is 1. The van der Waals surface area contributed by atoms with E-state index in [0.29, 0.717) is 12.0 Å². The van der Waals surface area contributed by atoms with Crippen molar-refractivity contribution < 1.29 is 17.9 Å². The van der Waals surface area contributed by atoms with E-state index >= 15 is 0 Å². The van der Waals surface area contributed by atoms with Gasteiger partial charge in [0.1, 0.15) is 5.75 Å². The van der Waals surface area contributed by atoms with Gasteiger partial charge in [0, 0.05) is 5.56 Å². The maximum Gasteiger partial charge on any atom is 0.573 e. The molecule has 0 spiro atoms. The Balaban J connectivity index is 2.85. The normalized spacial score (nSPS) is 13.5. The first-order valence-electron chi connectivity index (χ1n) is 6.94. The number of hydrazine groups is 1. The maximum absolute atomic E-state index is 12.4. The molecule has 1 aromatic rings. The molecule has 0 amide bonds. The van der Waals surface area contributed by atoms with Gasteiger partial charge in [-0.15, -0.1) is 13.2 Å². The molecule has 0 aliphatic heterocycles. The Bertz CT molecular complexity index is 422. The Morgan fingerprint density at radius 1 is 1.24 bits per heavy atom. The molecule has 1 rings (SSSR count). The van der Waals surface area contributed by atoms with Gasteiger partial charge in [0.2, 0.25) is 0 Å². The van der Waals surface area contributed by atoms with Gasteiger partial charge in [-0.1, -0.05) is 32.0 Å². The molecule has 120 valence electrons. The first-order valence-corrected chi connectivity index (χ1v) is 6.94. The van der Waals surface area contributed by atoms with Gasteiger partial charge in [-0.25, -0.2) is 0 Å². The number of nitrogens with one attached hydrogen (secondary N) is 1. The molecule has 7 heteroatoms. The summed E-state index contributed by atoms with van der Waals surface area (Å²) in [5, 5.41) is 0. The number of rotatable bonds is 8. The van der Waals surface area contributed by atoms with Crippen LogP contribution in [-0.2, 0) is 0 Å². The molecule has 3 N–H and O–H groups in total. The second kappa shape index (κ2) is 8.21. The molecule has 0 saturated carbocycles. The molecule has 21 heavy (non-hydrogen) atoms. The van der Waals surface area contributed by atoms with E-state index in [9.17, 15) is 13.2 Å². The van der Waals surface area contributed by atoms with Crippen molar-refractivity contribution in [1.29, 1.82) is 0 Å².